The number of nitrogens with zero attached hydrogens (tertiary/aromatic N) is 1. The lowest BCUT2D eigenvalue weighted by atomic mass is 10.1. The molecule has 0 radical (unpaired) electrons. The number of unbranched alkanes of at least 4 members (excludes halogenated alkanes) is 1. The lowest BCUT2D eigenvalue weighted by Gasteiger charge is -2.10. The van der Waals surface area contributed by atoms with Crippen molar-refractivity contribution >= 4 is 28.5 Å². The second-order valence-corrected chi connectivity index (χ2v) is 6.02. The number of aromatic nitrogens is 1. The van der Waals surface area contributed by atoms with Crippen molar-refractivity contribution in [3.63, 3.8) is 0 Å². The number of amides is 2. The number of carbonyl (C=O) groups excluding carboxylic acids is 2. The van der Waals surface area contributed by atoms with Crippen molar-refractivity contribution in [1.82, 2.24) is 4.98 Å². The predicted molar refractivity (Wildman–Crippen MR) is 93.5 cm³/mol. The Morgan fingerprint density at radius 3 is 2.71 bits per heavy atom. The summed E-state index contributed by atoms with van der Waals surface area (Å²) in [5.74, 6) is -0.278. The number of benzene rings is 1. The minimum Gasteiger partial charge on any atom is -0.450 e. The fourth-order valence-electron chi connectivity index (χ4n) is 2.04. The summed E-state index contributed by atoms with van der Waals surface area (Å²) in [5, 5.41) is 5.14. The van der Waals surface area contributed by atoms with Gasteiger partial charge in [0.05, 0.1) is 18.3 Å². The van der Waals surface area contributed by atoms with Crippen molar-refractivity contribution in [2.45, 2.75) is 25.3 Å². The molecule has 1 aromatic heterocycles. The first-order valence-corrected chi connectivity index (χ1v) is 8.44. The van der Waals surface area contributed by atoms with Crippen LogP contribution < -0.4 is 16.8 Å². The van der Waals surface area contributed by atoms with Crippen molar-refractivity contribution in [3.8, 4) is 11.3 Å². The summed E-state index contributed by atoms with van der Waals surface area (Å²) in [6.07, 6.45) is 0.967. The van der Waals surface area contributed by atoms with Gasteiger partial charge in [-0.3, -0.25) is 4.79 Å². The summed E-state index contributed by atoms with van der Waals surface area (Å²) >= 11 is 1.36. The van der Waals surface area contributed by atoms with Gasteiger partial charge in [0.2, 0.25) is 5.91 Å². The number of hydrogen-bond donors (Lipinski definition) is 3. The van der Waals surface area contributed by atoms with Crippen LogP contribution in [0, 0.1) is 0 Å². The van der Waals surface area contributed by atoms with E-state index in [1.54, 1.807) is 0 Å². The molecule has 2 rings (SSSR count). The molecule has 1 aromatic carbocycles. The van der Waals surface area contributed by atoms with Gasteiger partial charge < -0.3 is 21.5 Å². The third-order valence-electron chi connectivity index (χ3n) is 3.29. The zero-order valence-electron chi connectivity index (χ0n) is 13.1. The SMILES string of the molecule is NC(=O)OCCCC[C@H](N)C(=O)Nc1nc(-c2ccccc2)cs1. The molecular formula is C16H20N4O3S. The molecule has 0 saturated carbocycles. The maximum Gasteiger partial charge on any atom is 0.404 e. The zero-order chi connectivity index (χ0) is 17.4. The largest absolute Gasteiger partial charge is 0.450 e. The number of nitrogens with one attached hydrogen (secondary N) is 1. The van der Waals surface area contributed by atoms with E-state index in [9.17, 15) is 9.59 Å². The number of anilines is 1. The van der Waals surface area contributed by atoms with E-state index in [4.69, 9.17) is 11.5 Å². The molecule has 0 spiro atoms. The highest BCUT2D eigenvalue weighted by Gasteiger charge is 2.15. The third-order valence-corrected chi connectivity index (χ3v) is 4.05. The molecule has 2 amide bonds. The Labute approximate surface area is 144 Å². The van der Waals surface area contributed by atoms with Crippen LogP contribution in [0.25, 0.3) is 11.3 Å². The Morgan fingerprint density at radius 1 is 1.25 bits per heavy atom. The molecule has 0 bridgehead atoms. The summed E-state index contributed by atoms with van der Waals surface area (Å²) in [6, 6.07) is 9.09. The molecule has 0 fully saturated rings. The molecule has 7 nitrogen and oxygen atoms in total. The Kier molecular flexibility index (Phi) is 6.71. The van der Waals surface area contributed by atoms with Crippen LogP contribution in [-0.2, 0) is 9.53 Å². The van der Waals surface area contributed by atoms with Gasteiger partial charge in [0.25, 0.3) is 0 Å². The number of primary amides is 1. The summed E-state index contributed by atoms with van der Waals surface area (Å²) in [7, 11) is 0. The summed E-state index contributed by atoms with van der Waals surface area (Å²) < 4.78 is 4.61. The molecule has 128 valence electrons. The van der Waals surface area contributed by atoms with Gasteiger partial charge in [-0.05, 0) is 19.3 Å². The van der Waals surface area contributed by atoms with Gasteiger partial charge in [-0.2, -0.15) is 0 Å². The molecule has 5 N–H and O–H groups in total. The summed E-state index contributed by atoms with van der Waals surface area (Å²) in [5.41, 5.74) is 12.5. The smallest absolute Gasteiger partial charge is 0.404 e. The van der Waals surface area contributed by atoms with Gasteiger partial charge in [-0.15, -0.1) is 11.3 Å². The lowest BCUT2D eigenvalue weighted by molar-refractivity contribution is -0.117. The molecule has 1 heterocycles. The van der Waals surface area contributed by atoms with E-state index in [0.29, 0.717) is 24.4 Å². The quantitative estimate of drug-likeness (QED) is 0.632. The normalized spacial score (nSPS) is 11.7. The topological polar surface area (TPSA) is 120 Å². The molecule has 8 heteroatoms. The van der Waals surface area contributed by atoms with Crippen LogP contribution in [0.15, 0.2) is 35.7 Å². The second-order valence-electron chi connectivity index (χ2n) is 5.16. The predicted octanol–water partition coefficient (Wildman–Crippen LogP) is 2.34. The maximum absolute atomic E-state index is 12.1. The van der Waals surface area contributed by atoms with E-state index in [2.05, 4.69) is 15.0 Å². The molecular weight excluding hydrogens is 328 g/mol. The number of ether oxygens (including phenoxy) is 1. The van der Waals surface area contributed by atoms with Crippen LogP contribution in [0.5, 0.6) is 0 Å². The Morgan fingerprint density at radius 2 is 2.00 bits per heavy atom. The standard InChI is InChI=1S/C16H20N4O3S/c17-12(8-4-5-9-23-15(18)22)14(21)20-16-19-13(10-24-16)11-6-2-1-3-7-11/h1-3,6-7,10,12H,4-5,8-9,17H2,(H2,18,22)(H,19,20,21)/t12-/m0/s1. The highest BCUT2D eigenvalue weighted by molar-refractivity contribution is 7.14. The van der Waals surface area contributed by atoms with Gasteiger partial charge in [0, 0.05) is 10.9 Å². The summed E-state index contributed by atoms with van der Waals surface area (Å²) in [4.78, 5) is 26.9. The first kappa shape index (κ1) is 17.9. The van der Waals surface area contributed by atoms with Gasteiger partial charge in [0.1, 0.15) is 0 Å². The van der Waals surface area contributed by atoms with Crippen molar-refractivity contribution in [2.75, 3.05) is 11.9 Å². The first-order chi connectivity index (χ1) is 11.6. The third kappa shape index (κ3) is 5.64. The average Bonchev–Trinajstić information content (AvgIpc) is 3.03. The van der Waals surface area contributed by atoms with Crippen molar-refractivity contribution in [3.05, 3.63) is 35.7 Å². The Hall–Kier alpha value is -2.45. The molecule has 1 atom stereocenters. The number of carbonyl (C=O) groups is 2. The molecule has 2 aromatic rings. The van der Waals surface area contributed by atoms with Crippen LogP contribution in [0.2, 0.25) is 0 Å². The first-order valence-electron chi connectivity index (χ1n) is 7.56. The van der Waals surface area contributed by atoms with Crippen LogP contribution in [0.3, 0.4) is 0 Å². The van der Waals surface area contributed by atoms with Gasteiger partial charge in [-0.1, -0.05) is 30.3 Å². The van der Waals surface area contributed by atoms with Crippen LogP contribution in [0.1, 0.15) is 19.3 Å². The molecule has 0 aliphatic rings. The molecule has 24 heavy (non-hydrogen) atoms. The van der Waals surface area contributed by atoms with Gasteiger partial charge in [-0.25, -0.2) is 9.78 Å². The molecule has 0 aliphatic heterocycles. The maximum atomic E-state index is 12.1. The second kappa shape index (κ2) is 8.99. The van der Waals surface area contributed by atoms with E-state index < -0.39 is 12.1 Å². The number of thiazole rings is 1. The minimum atomic E-state index is -0.796. The van der Waals surface area contributed by atoms with Crippen molar-refractivity contribution < 1.29 is 14.3 Å². The fraction of sp³-hybridized carbons (Fsp3) is 0.312. The van der Waals surface area contributed by atoms with E-state index in [-0.39, 0.29) is 12.5 Å². The number of rotatable bonds is 8. The summed E-state index contributed by atoms with van der Waals surface area (Å²) in [6.45, 7) is 0.233. The van der Waals surface area contributed by atoms with Crippen LogP contribution >= 0.6 is 11.3 Å². The van der Waals surface area contributed by atoms with Gasteiger partial charge in [0.15, 0.2) is 5.13 Å². The Balaban J connectivity index is 1.77. The van der Waals surface area contributed by atoms with Crippen LogP contribution in [-0.4, -0.2) is 29.6 Å². The molecule has 0 unspecified atom stereocenters. The molecule has 0 saturated heterocycles. The highest BCUT2D eigenvalue weighted by Crippen LogP contribution is 2.24. The average molecular weight is 348 g/mol. The lowest BCUT2D eigenvalue weighted by Crippen LogP contribution is -2.35. The van der Waals surface area contributed by atoms with E-state index in [1.165, 1.54) is 11.3 Å². The zero-order valence-corrected chi connectivity index (χ0v) is 13.9. The fourth-order valence-corrected chi connectivity index (χ4v) is 2.76. The van der Waals surface area contributed by atoms with E-state index in [0.717, 1.165) is 11.3 Å². The van der Waals surface area contributed by atoms with Crippen LogP contribution in [0.4, 0.5) is 9.93 Å². The number of nitrogens with two attached hydrogens (primary N) is 2. The minimum absolute atomic E-state index is 0.233. The highest BCUT2D eigenvalue weighted by atomic mass is 32.1. The monoisotopic (exact) mass is 348 g/mol. The number of hydrogen-bond acceptors (Lipinski definition) is 6. The Bertz CT molecular complexity index is 675. The molecule has 0 aliphatic carbocycles. The van der Waals surface area contributed by atoms with Crippen molar-refractivity contribution in [2.24, 2.45) is 11.5 Å². The van der Waals surface area contributed by atoms with E-state index in [1.807, 2.05) is 35.7 Å². The van der Waals surface area contributed by atoms with E-state index >= 15 is 0 Å². The van der Waals surface area contributed by atoms with Gasteiger partial charge >= 0.3 is 6.09 Å². The van der Waals surface area contributed by atoms with Crippen molar-refractivity contribution in [1.29, 1.82) is 0 Å².